The maximum absolute atomic E-state index is 4.61. The van der Waals surface area contributed by atoms with Crippen LogP contribution in [0.15, 0.2) is 103 Å². The number of nitrogens with zero attached hydrogens (tertiary/aromatic N) is 2. The molecule has 0 saturated carbocycles. The number of hydrogen-bond acceptors (Lipinski definition) is 2. The average molecular weight is 598 g/mol. The minimum absolute atomic E-state index is 0.751. The minimum atomic E-state index is -1.09. The molecule has 1 heterocycles. The summed E-state index contributed by atoms with van der Waals surface area (Å²) in [6.07, 6.45) is 10.8. The van der Waals surface area contributed by atoms with E-state index in [0.717, 1.165) is 39.4 Å². The molecule has 42 heavy (non-hydrogen) atoms. The Kier molecular flexibility index (Phi) is 12.9. The van der Waals surface area contributed by atoms with Gasteiger partial charge in [-0.1, -0.05) is 113 Å². The number of allylic oxidation sites excluding steroid dienone is 2. The predicted octanol–water partition coefficient (Wildman–Crippen LogP) is 8.66. The van der Waals surface area contributed by atoms with Crippen molar-refractivity contribution in [3.63, 3.8) is 0 Å². The van der Waals surface area contributed by atoms with Crippen LogP contribution in [0.5, 0.6) is 0 Å². The third kappa shape index (κ3) is 9.89. The fourth-order valence-corrected chi connectivity index (χ4v) is 6.07. The maximum atomic E-state index is 4.61. The summed E-state index contributed by atoms with van der Waals surface area (Å²) in [6, 6.07) is 27.6. The van der Waals surface area contributed by atoms with E-state index in [-0.39, 0.29) is 0 Å². The van der Waals surface area contributed by atoms with Gasteiger partial charge in [-0.25, -0.2) is 4.68 Å². The fourth-order valence-electron chi connectivity index (χ4n) is 4.62. The summed E-state index contributed by atoms with van der Waals surface area (Å²) >= 11 is 0. The fraction of sp³-hybridized carbons (Fsp3) is 0.270. The van der Waals surface area contributed by atoms with E-state index in [0.29, 0.717) is 0 Å². The van der Waals surface area contributed by atoms with Gasteiger partial charge in [0.2, 0.25) is 0 Å². The lowest BCUT2D eigenvalue weighted by molar-refractivity contribution is 0.665. The Hall–Kier alpha value is -3.33. The van der Waals surface area contributed by atoms with Crippen LogP contribution in [0.25, 0.3) is 11.4 Å². The molecule has 0 aliphatic rings. The van der Waals surface area contributed by atoms with E-state index in [1.54, 1.807) is 0 Å². The molecule has 1 unspecified atom stereocenters. The largest absolute Gasteiger partial charge is 0.370 e. The molecular weight excluding hydrogens is 549 g/mol. The Morgan fingerprint density at radius 2 is 1.57 bits per heavy atom. The molecule has 0 fully saturated rings. The maximum Gasteiger partial charge on any atom is 0.128 e. The highest BCUT2D eigenvalue weighted by Crippen LogP contribution is 2.28. The molecule has 0 bridgehead atoms. The van der Waals surface area contributed by atoms with Crippen molar-refractivity contribution in [2.24, 2.45) is 0 Å². The van der Waals surface area contributed by atoms with Gasteiger partial charge in [0.1, 0.15) is 5.82 Å². The first kappa shape index (κ1) is 33.2. The van der Waals surface area contributed by atoms with Crippen molar-refractivity contribution in [2.45, 2.75) is 51.3 Å². The van der Waals surface area contributed by atoms with Crippen LogP contribution in [-0.2, 0) is 6.42 Å². The summed E-state index contributed by atoms with van der Waals surface area (Å²) < 4.78 is 2.02. The van der Waals surface area contributed by atoms with Crippen molar-refractivity contribution in [3.8, 4) is 0 Å². The molecule has 0 amide bonds. The van der Waals surface area contributed by atoms with Crippen LogP contribution >= 0.6 is 17.8 Å². The van der Waals surface area contributed by atoms with Gasteiger partial charge in [0, 0.05) is 11.8 Å². The van der Waals surface area contributed by atoms with Gasteiger partial charge in [0.05, 0.1) is 11.9 Å². The second kappa shape index (κ2) is 16.3. The van der Waals surface area contributed by atoms with Gasteiger partial charge in [0.15, 0.2) is 0 Å². The zero-order chi connectivity index (χ0) is 30.5. The van der Waals surface area contributed by atoms with E-state index in [1.165, 1.54) is 51.0 Å². The summed E-state index contributed by atoms with van der Waals surface area (Å²) in [5.41, 5.74) is 7.31. The summed E-state index contributed by atoms with van der Waals surface area (Å²) in [5, 5.41) is 9.49. The van der Waals surface area contributed by atoms with Crippen molar-refractivity contribution in [1.29, 1.82) is 0 Å². The summed E-state index contributed by atoms with van der Waals surface area (Å²) in [6.45, 7) is 13.9. The molecule has 1 N–H and O–H groups in total. The zero-order valence-corrected chi connectivity index (χ0v) is 27.9. The first-order valence-electron chi connectivity index (χ1n) is 14.6. The first-order chi connectivity index (χ1) is 20.1. The summed E-state index contributed by atoms with van der Waals surface area (Å²) in [4.78, 5) is 1.26. The smallest absolute Gasteiger partial charge is 0.128 e. The van der Waals surface area contributed by atoms with Crippen molar-refractivity contribution >= 4 is 46.2 Å². The second-order valence-electron chi connectivity index (χ2n) is 10.9. The number of hydrogen-bond donors (Lipinski definition) is 1. The van der Waals surface area contributed by atoms with Crippen LogP contribution in [0.1, 0.15) is 54.1 Å². The lowest BCUT2D eigenvalue weighted by Crippen LogP contribution is -2.21. The van der Waals surface area contributed by atoms with E-state index in [2.05, 4.69) is 141 Å². The van der Waals surface area contributed by atoms with Gasteiger partial charge >= 0.3 is 0 Å². The molecule has 1 atom stereocenters. The van der Waals surface area contributed by atoms with Gasteiger partial charge in [-0.2, -0.15) is 14.3 Å². The SMILES string of the molecule is C=C(/C=C(/NCCCCC)n1ncc(PC)c1C)c1ccccc1C.C=S(=C)(C)c1ccc(Cc2ccccc2)cc1. The molecule has 1 aromatic heterocycles. The van der Waals surface area contributed by atoms with Crippen LogP contribution in [-0.4, -0.2) is 41.0 Å². The van der Waals surface area contributed by atoms with Crippen LogP contribution < -0.4 is 10.6 Å². The lowest BCUT2D eigenvalue weighted by Gasteiger charge is -2.15. The number of nitrogens with one attached hydrogen (secondary N) is 1. The quantitative estimate of drug-likeness (QED) is 0.0767. The Morgan fingerprint density at radius 3 is 2.17 bits per heavy atom. The molecule has 0 saturated heterocycles. The van der Waals surface area contributed by atoms with Gasteiger partial charge in [0.25, 0.3) is 0 Å². The standard InChI is InChI=1S/C21H30N3P.C16H18S/c1-6-7-10-13-22-21(24-18(4)20(25-5)15-23-24)14-17(3)19-12-9-8-11-16(19)2;1-17(2,3)16-11-9-15(10-12-16)13-14-7-5-4-6-8-14/h8-9,11-12,14-15,22,25H,3,6-7,10,13H2,1-2,4-5H3;4-12H,1-2,13H2,3H3/b21-14-;. The zero-order valence-electron chi connectivity index (χ0n) is 26.1. The minimum Gasteiger partial charge on any atom is -0.370 e. The molecule has 0 spiro atoms. The molecule has 222 valence electrons. The third-order valence-electron chi connectivity index (χ3n) is 7.14. The van der Waals surface area contributed by atoms with Crippen molar-refractivity contribution < 1.29 is 0 Å². The molecule has 0 aliphatic carbocycles. The monoisotopic (exact) mass is 597 g/mol. The Morgan fingerprint density at radius 1 is 0.929 bits per heavy atom. The Labute approximate surface area is 257 Å². The molecule has 5 heteroatoms. The van der Waals surface area contributed by atoms with E-state index < -0.39 is 9.21 Å². The van der Waals surface area contributed by atoms with Gasteiger partial charge in [-0.3, -0.25) is 0 Å². The molecular formula is C37H48N3PS. The normalized spacial score (nSPS) is 11.8. The third-order valence-corrected chi connectivity index (χ3v) is 9.58. The van der Waals surface area contributed by atoms with Gasteiger partial charge in [-0.05, 0) is 90.5 Å². The number of rotatable bonds is 12. The van der Waals surface area contributed by atoms with Crippen LogP contribution in [0.2, 0.25) is 0 Å². The van der Waals surface area contributed by atoms with Gasteiger partial charge in [-0.15, -0.1) is 0 Å². The summed E-state index contributed by atoms with van der Waals surface area (Å²) in [5.74, 6) is 9.26. The highest BCUT2D eigenvalue weighted by atomic mass is 32.2. The number of aryl methyl sites for hydroxylation is 1. The van der Waals surface area contributed by atoms with Crippen molar-refractivity contribution in [3.05, 3.63) is 126 Å². The van der Waals surface area contributed by atoms with E-state index in [1.807, 2.05) is 16.9 Å². The molecule has 4 rings (SSSR count). The topological polar surface area (TPSA) is 29.9 Å². The van der Waals surface area contributed by atoms with E-state index in [4.69, 9.17) is 0 Å². The second-order valence-corrected chi connectivity index (χ2v) is 14.9. The average Bonchev–Trinajstić information content (AvgIpc) is 3.35. The van der Waals surface area contributed by atoms with E-state index in [9.17, 15) is 0 Å². The van der Waals surface area contributed by atoms with Crippen molar-refractivity contribution in [2.75, 3.05) is 19.5 Å². The number of unbranched alkanes of at least 4 members (excludes halogenated alkanes) is 2. The molecule has 4 aromatic rings. The molecule has 3 aromatic carbocycles. The van der Waals surface area contributed by atoms with Crippen LogP contribution in [0, 0.1) is 13.8 Å². The van der Waals surface area contributed by atoms with E-state index >= 15 is 0 Å². The predicted molar refractivity (Wildman–Crippen MR) is 195 cm³/mol. The Balaban J connectivity index is 0.000000247. The molecule has 0 radical (unpaired) electrons. The van der Waals surface area contributed by atoms with Crippen LogP contribution in [0.4, 0.5) is 0 Å². The first-order valence-corrected chi connectivity index (χ1v) is 18.5. The number of benzene rings is 3. The highest BCUT2D eigenvalue weighted by Gasteiger charge is 2.10. The van der Waals surface area contributed by atoms with Gasteiger partial charge < -0.3 is 5.32 Å². The lowest BCUT2D eigenvalue weighted by atomic mass is 10.0. The number of aromatic nitrogens is 2. The molecule has 0 aliphatic heterocycles. The Bertz CT molecular complexity index is 1560. The van der Waals surface area contributed by atoms with Crippen molar-refractivity contribution in [1.82, 2.24) is 15.1 Å². The molecule has 3 nitrogen and oxygen atoms in total. The van der Waals surface area contributed by atoms with Crippen LogP contribution in [0.3, 0.4) is 0 Å². The highest BCUT2D eigenvalue weighted by molar-refractivity contribution is 8.27. The summed E-state index contributed by atoms with van der Waals surface area (Å²) in [7, 11) is -0.342.